The minimum absolute atomic E-state index is 0.109. The van der Waals surface area contributed by atoms with Crippen LogP contribution in [0.5, 0.6) is 0 Å². The van der Waals surface area contributed by atoms with E-state index < -0.39 is 10.0 Å². The van der Waals surface area contributed by atoms with Crippen LogP contribution in [0.3, 0.4) is 0 Å². The number of primary sulfonamides is 1. The lowest BCUT2D eigenvalue weighted by Crippen LogP contribution is -2.12. The maximum atomic E-state index is 11.3. The smallest absolute Gasteiger partial charge is 0.238 e. The molecular weight excluding hydrogens is 362 g/mol. The van der Waals surface area contributed by atoms with Crippen molar-refractivity contribution in [1.82, 2.24) is 9.97 Å². The number of aromatic nitrogens is 2. The van der Waals surface area contributed by atoms with E-state index >= 15 is 0 Å². The van der Waals surface area contributed by atoms with Gasteiger partial charge in [-0.2, -0.15) is 4.98 Å². The Morgan fingerprint density at radius 1 is 1.00 bits per heavy atom. The topological polar surface area (TPSA) is 110 Å². The van der Waals surface area contributed by atoms with Gasteiger partial charge in [-0.25, -0.2) is 18.5 Å². The van der Waals surface area contributed by atoms with E-state index in [-0.39, 0.29) is 4.90 Å². The number of sulfonamides is 1. The van der Waals surface area contributed by atoms with Crippen LogP contribution in [0.4, 0.5) is 17.5 Å². The van der Waals surface area contributed by atoms with Crippen molar-refractivity contribution in [1.29, 1.82) is 0 Å². The van der Waals surface area contributed by atoms with E-state index in [1.165, 1.54) is 17.7 Å². The van der Waals surface area contributed by atoms with E-state index in [9.17, 15) is 8.42 Å². The molecule has 7 nitrogen and oxygen atoms in total. The maximum Gasteiger partial charge on any atom is 0.238 e. The second-order valence-corrected chi connectivity index (χ2v) is 7.68. The first kappa shape index (κ1) is 18.8. The third-order valence-electron chi connectivity index (χ3n) is 3.93. The summed E-state index contributed by atoms with van der Waals surface area (Å²) in [6.45, 7) is 2.65. The second-order valence-electron chi connectivity index (χ2n) is 6.12. The van der Waals surface area contributed by atoms with Crippen molar-refractivity contribution >= 4 is 27.5 Å². The first-order valence-corrected chi connectivity index (χ1v) is 9.97. The maximum absolute atomic E-state index is 11.3. The minimum atomic E-state index is -3.66. The van der Waals surface area contributed by atoms with Crippen LogP contribution < -0.4 is 15.8 Å². The van der Waals surface area contributed by atoms with Crippen LogP contribution in [0.15, 0.2) is 65.7 Å². The molecule has 0 radical (unpaired) electrons. The van der Waals surface area contributed by atoms with Crippen LogP contribution >= 0.6 is 0 Å². The highest BCUT2D eigenvalue weighted by molar-refractivity contribution is 7.89. The molecule has 0 atom stereocenters. The fraction of sp³-hybridized carbons (Fsp3) is 0.158. The van der Waals surface area contributed by atoms with Crippen LogP contribution in [0.25, 0.3) is 0 Å². The van der Waals surface area contributed by atoms with E-state index in [0.29, 0.717) is 24.7 Å². The summed E-state index contributed by atoms with van der Waals surface area (Å²) in [5.74, 6) is 1.22. The normalized spacial score (nSPS) is 11.2. The summed E-state index contributed by atoms with van der Waals surface area (Å²) in [5, 5.41) is 11.5. The SMILES string of the molecule is Cc1ccc(Nc2ccnc(NCCc3ccc(S(N)(=O)=O)cc3)n2)cc1. The number of hydrogen-bond donors (Lipinski definition) is 3. The zero-order valence-corrected chi connectivity index (χ0v) is 15.7. The molecule has 3 rings (SSSR count). The number of benzene rings is 2. The molecule has 27 heavy (non-hydrogen) atoms. The van der Waals surface area contributed by atoms with E-state index in [4.69, 9.17) is 5.14 Å². The number of nitrogens with one attached hydrogen (secondary N) is 2. The number of rotatable bonds is 7. The molecule has 0 aliphatic carbocycles. The van der Waals surface area contributed by atoms with Gasteiger partial charge in [0.15, 0.2) is 0 Å². The molecule has 0 unspecified atom stereocenters. The molecule has 0 aliphatic heterocycles. The van der Waals surface area contributed by atoms with Crippen LogP contribution in [0.1, 0.15) is 11.1 Å². The minimum Gasteiger partial charge on any atom is -0.354 e. The number of nitrogens with zero attached hydrogens (tertiary/aromatic N) is 2. The molecule has 0 fully saturated rings. The Kier molecular flexibility index (Phi) is 5.68. The zero-order valence-electron chi connectivity index (χ0n) is 14.9. The fourth-order valence-electron chi connectivity index (χ4n) is 2.46. The van der Waals surface area contributed by atoms with Gasteiger partial charge < -0.3 is 10.6 Å². The van der Waals surface area contributed by atoms with Crippen LogP contribution in [0, 0.1) is 6.92 Å². The molecule has 0 spiro atoms. The number of anilines is 3. The molecule has 8 heteroatoms. The fourth-order valence-corrected chi connectivity index (χ4v) is 2.98. The average Bonchev–Trinajstić information content (AvgIpc) is 2.64. The molecule has 0 bridgehead atoms. The summed E-state index contributed by atoms with van der Waals surface area (Å²) in [4.78, 5) is 8.76. The summed E-state index contributed by atoms with van der Waals surface area (Å²) in [6, 6.07) is 16.4. The molecule has 0 aliphatic rings. The van der Waals surface area contributed by atoms with Gasteiger partial charge in [-0.1, -0.05) is 29.8 Å². The van der Waals surface area contributed by atoms with Gasteiger partial charge in [0.2, 0.25) is 16.0 Å². The molecule has 0 saturated heterocycles. The van der Waals surface area contributed by atoms with Gasteiger partial charge in [0.1, 0.15) is 5.82 Å². The summed E-state index contributed by atoms with van der Waals surface area (Å²) in [5.41, 5.74) is 3.15. The Labute approximate surface area is 158 Å². The van der Waals surface area contributed by atoms with Gasteiger partial charge in [0.25, 0.3) is 0 Å². The van der Waals surface area contributed by atoms with Gasteiger partial charge in [-0.05, 0) is 49.2 Å². The third kappa shape index (κ3) is 5.50. The standard InChI is InChI=1S/C19H21N5O2S/c1-14-2-6-16(7-3-14)23-18-11-13-22-19(24-18)21-12-10-15-4-8-17(9-5-15)27(20,25)26/h2-9,11,13H,10,12H2,1H3,(H2,20,25,26)(H2,21,22,23,24). The summed E-state index contributed by atoms with van der Waals surface area (Å²) in [7, 11) is -3.66. The molecule has 1 aromatic heterocycles. The molecule has 0 saturated carbocycles. The predicted molar refractivity (Wildman–Crippen MR) is 107 cm³/mol. The van der Waals surface area contributed by atoms with E-state index in [0.717, 1.165) is 11.3 Å². The average molecular weight is 383 g/mol. The highest BCUT2D eigenvalue weighted by Gasteiger charge is 2.06. The van der Waals surface area contributed by atoms with Crippen LogP contribution in [-0.4, -0.2) is 24.9 Å². The molecule has 2 aromatic carbocycles. The van der Waals surface area contributed by atoms with E-state index in [1.807, 2.05) is 31.2 Å². The van der Waals surface area contributed by atoms with Crippen molar-refractivity contribution in [3.05, 3.63) is 71.9 Å². The Morgan fingerprint density at radius 2 is 1.70 bits per heavy atom. The van der Waals surface area contributed by atoms with Crippen molar-refractivity contribution < 1.29 is 8.42 Å². The van der Waals surface area contributed by atoms with Gasteiger partial charge in [-0.15, -0.1) is 0 Å². The van der Waals surface area contributed by atoms with Crippen molar-refractivity contribution in [2.75, 3.05) is 17.2 Å². The Balaban J connectivity index is 1.56. The zero-order chi connectivity index (χ0) is 19.3. The van der Waals surface area contributed by atoms with Gasteiger partial charge in [0.05, 0.1) is 4.90 Å². The summed E-state index contributed by atoms with van der Waals surface area (Å²) >= 11 is 0. The molecule has 4 N–H and O–H groups in total. The molecule has 0 amide bonds. The van der Waals surface area contributed by atoms with E-state index in [1.54, 1.807) is 24.4 Å². The number of hydrogen-bond acceptors (Lipinski definition) is 6. The number of nitrogens with two attached hydrogens (primary N) is 1. The highest BCUT2D eigenvalue weighted by Crippen LogP contribution is 2.16. The monoisotopic (exact) mass is 383 g/mol. The van der Waals surface area contributed by atoms with Gasteiger partial charge in [0, 0.05) is 18.4 Å². The quantitative estimate of drug-likeness (QED) is 0.579. The first-order valence-electron chi connectivity index (χ1n) is 8.42. The van der Waals surface area contributed by atoms with Crippen molar-refractivity contribution in [3.63, 3.8) is 0 Å². The lowest BCUT2D eigenvalue weighted by Gasteiger charge is -2.09. The number of aryl methyl sites for hydroxylation is 1. The largest absolute Gasteiger partial charge is 0.354 e. The van der Waals surface area contributed by atoms with Crippen LogP contribution in [0.2, 0.25) is 0 Å². The molecule has 1 heterocycles. The summed E-state index contributed by atoms with van der Waals surface area (Å²) < 4.78 is 22.5. The lowest BCUT2D eigenvalue weighted by molar-refractivity contribution is 0.598. The lowest BCUT2D eigenvalue weighted by atomic mass is 10.1. The molecule has 3 aromatic rings. The van der Waals surface area contributed by atoms with Crippen molar-refractivity contribution in [2.24, 2.45) is 5.14 Å². The van der Waals surface area contributed by atoms with Gasteiger partial charge in [-0.3, -0.25) is 0 Å². The molecular formula is C19H21N5O2S. The summed E-state index contributed by atoms with van der Waals surface area (Å²) in [6.07, 6.45) is 2.39. The Bertz CT molecular complexity index is 1000. The van der Waals surface area contributed by atoms with Gasteiger partial charge >= 0.3 is 0 Å². The first-order chi connectivity index (χ1) is 12.9. The predicted octanol–water partition coefficient (Wildman–Crippen LogP) is 2.83. The van der Waals surface area contributed by atoms with Crippen molar-refractivity contribution in [3.8, 4) is 0 Å². The van der Waals surface area contributed by atoms with E-state index in [2.05, 4.69) is 20.6 Å². The van der Waals surface area contributed by atoms with Crippen LogP contribution in [-0.2, 0) is 16.4 Å². The highest BCUT2D eigenvalue weighted by atomic mass is 32.2. The second kappa shape index (κ2) is 8.15. The Morgan fingerprint density at radius 3 is 2.37 bits per heavy atom. The van der Waals surface area contributed by atoms with Crippen molar-refractivity contribution in [2.45, 2.75) is 18.2 Å². The molecule has 140 valence electrons. The Hall–Kier alpha value is -2.97. The third-order valence-corrected chi connectivity index (χ3v) is 4.86.